The van der Waals surface area contributed by atoms with Gasteiger partial charge in [-0.15, -0.1) is 0 Å². The van der Waals surface area contributed by atoms with Crippen molar-refractivity contribution in [1.82, 2.24) is 5.32 Å². The van der Waals surface area contributed by atoms with E-state index >= 15 is 0 Å². The van der Waals surface area contributed by atoms with Gasteiger partial charge >= 0.3 is 11.9 Å². The van der Waals surface area contributed by atoms with Gasteiger partial charge in [-0.1, -0.05) is 6.92 Å². The summed E-state index contributed by atoms with van der Waals surface area (Å²) in [7, 11) is 0. The lowest BCUT2D eigenvalue weighted by Crippen LogP contribution is -2.43. The molecule has 1 rings (SSSR count). The van der Waals surface area contributed by atoms with Crippen LogP contribution in [0.1, 0.15) is 40.0 Å². The molecule has 0 aromatic heterocycles. The Morgan fingerprint density at radius 3 is 2.26 bits per heavy atom. The van der Waals surface area contributed by atoms with Gasteiger partial charge in [-0.2, -0.15) is 0 Å². The molecule has 19 heavy (non-hydrogen) atoms. The maximum atomic E-state index is 11.4. The first-order valence-corrected chi connectivity index (χ1v) is 6.11. The van der Waals surface area contributed by atoms with Crippen LogP contribution in [0, 0.1) is 10.8 Å². The SMILES string of the molecule is CCC(=O)NC1=C[C@](C)(C(=O)O)C[C@](C)(C(=O)O)C1. The molecule has 1 aliphatic rings. The molecule has 0 aromatic rings. The molecule has 0 heterocycles. The van der Waals surface area contributed by atoms with E-state index in [-0.39, 0.29) is 25.2 Å². The number of carboxylic acid groups (broad SMARTS) is 2. The lowest BCUT2D eigenvalue weighted by molar-refractivity contribution is -0.155. The van der Waals surface area contributed by atoms with Crippen LogP contribution in [0.5, 0.6) is 0 Å². The predicted molar refractivity (Wildman–Crippen MR) is 67.2 cm³/mol. The minimum absolute atomic E-state index is 0.00381. The van der Waals surface area contributed by atoms with Gasteiger partial charge in [0.05, 0.1) is 10.8 Å². The molecule has 0 unspecified atom stereocenters. The zero-order valence-electron chi connectivity index (χ0n) is 11.3. The van der Waals surface area contributed by atoms with Gasteiger partial charge in [-0.25, -0.2) is 0 Å². The summed E-state index contributed by atoms with van der Waals surface area (Å²) < 4.78 is 0. The average Bonchev–Trinajstić information content (AvgIpc) is 2.27. The van der Waals surface area contributed by atoms with Gasteiger partial charge in [-0.05, 0) is 26.3 Å². The predicted octanol–water partition coefficient (Wildman–Crippen LogP) is 1.37. The first kappa shape index (κ1) is 15.2. The minimum atomic E-state index is -1.29. The van der Waals surface area contributed by atoms with Crippen LogP contribution >= 0.6 is 0 Å². The second-order valence-corrected chi connectivity index (χ2v) is 5.51. The third-order valence-corrected chi connectivity index (χ3v) is 3.46. The van der Waals surface area contributed by atoms with Crippen LogP contribution in [0.25, 0.3) is 0 Å². The number of amides is 1. The van der Waals surface area contributed by atoms with E-state index in [1.165, 1.54) is 19.9 Å². The Morgan fingerprint density at radius 2 is 1.84 bits per heavy atom. The zero-order valence-corrected chi connectivity index (χ0v) is 11.3. The molecule has 6 heteroatoms. The van der Waals surface area contributed by atoms with Crippen molar-refractivity contribution in [2.24, 2.45) is 10.8 Å². The van der Waals surface area contributed by atoms with E-state index in [1.807, 2.05) is 0 Å². The van der Waals surface area contributed by atoms with Gasteiger partial charge in [0.2, 0.25) is 5.91 Å². The van der Waals surface area contributed by atoms with Crippen molar-refractivity contribution in [1.29, 1.82) is 0 Å². The van der Waals surface area contributed by atoms with Gasteiger partial charge in [0.1, 0.15) is 0 Å². The van der Waals surface area contributed by atoms with Crippen LogP contribution in [0.2, 0.25) is 0 Å². The molecule has 6 nitrogen and oxygen atoms in total. The van der Waals surface area contributed by atoms with Gasteiger partial charge in [-0.3, -0.25) is 14.4 Å². The van der Waals surface area contributed by atoms with Crippen molar-refractivity contribution in [3.05, 3.63) is 11.8 Å². The van der Waals surface area contributed by atoms with Crippen LogP contribution in [0.4, 0.5) is 0 Å². The number of rotatable bonds is 4. The van der Waals surface area contributed by atoms with E-state index in [1.54, 1.807) is 6.92 Å². The summed E-state index contributed by atoms with van der Waals surface area (Å²) in [6, 6.07) is 0. The molecule has 0 aromatic carbocycles. The first-order chi connectivity index (χ1) is 8.63. The fourth-order valence-electron chi connectivity index (χ4n) is 2.42. The van der Waals surface area contributed by atoms with E-state index in [0.29, 0.717) is 5.70 Å². The topological polar surface area (TPSA) is 104 Å². The highest BCUT2D eigenvalue weighted by Crippen LogP contribution is 2.44. The van der Waals surface area contributed by atoms with Gasteiger partial charge in [0, 0.05) is 18.5 Å². The summed E-state index contributed by atoms with van der Waals surface area (Å²) in [5.74, 6) is -2.41. The third kappa shape index (κ3) is 3.13. The number of aliphatic carboxylic acids is 2. The standard InChI is InChI=1S/C13H19NO5/c1-4-9(15)14-8-5-12(2,10(16)17)7-13(3,6-8)11(18)19/h5H,4,6-7H2,1-3H3,(H,14,15)(H,16,17)(H,18,19)/t12-,13+/m0/s1. The van der Waals surface area contributed by atoms with E-state index in [2.05, 4.69) is 5.32 Å². The lowest BCUT2D eigenvalue weighted by atomic mass is 9.66. The molecule has 0 spiro atoms. The summed E-state index contributed by atoms with van der Waals surface area (Å²) in [6.45, 7) is 4.64. The number of hydrogen-bond acceptors (Lipinski definition) is 3. The monoisotopic (exact) mass is 269 g/mol. The highest BCUT2D eigenvalue weighted by atomic mass is 16.4. The second kappa shape index (κ2) is 5.03. The van der Waals surface area contributed by atoms with Crippen molar-refractivity contribution >= 4 is 17.8 Å². The van der Waals surface area contributed by atoms with Crippen molar-refractivity contribution in [3.8, 4) is 0 Å². The van der Waals surface area contributed by atoms with Gasteiger partial charge < -0.3 is 15.5 Å². The van der Waals surface area contributed by atoms with Crippen molar-refractivity contribution in [3.63, 3.8) is 0 Å². The Hall–Kier alpha value is -1.85. The number of nitrogens with one attached hydrogen (secondary N) is 1. The average molecular weight is 269 g/mol. The highest BCUT2D eigenvalue weighted by molar-refractivity contribution is 5.83. The molecule has 0 fully saturated rings. The fourth-order valence-corrected chi connectivity index (χ4v) is 2.42. The number of carboxylic acids is 2. The molecule has 0 bridgehead atoms. The molecule has 0 saturated carbocycles. The maximum Gasteiger partial charge on any atom is 0.313 e. The molecule has 1 amide bonds. The van der Waals surface area contributed by atoms with Crippen molar-refractivity contribution in [2.75, 3.05) is 0 Å². The molecule has 0 radical (unpaired) electrons. The van der Waals surface area contributed by atoms with E-state index in [0.717, 1.165) is 0 Å². The number of hydrogen-bond donors (Lipinski definition) is 3. The van der Waals surface area contributed by atoms with Crippen LogP contribution in [0.15, 0.2) is 11.8 Å². The largest absolute Gasteiger partial charge is 0.481 e. The van der Waals surface area contributed by atoms with Crippen LogP contribution in [0.3, 0.4) is 0 Å². The summed E-state index contributed by atoms with van der Waals surface area (Å²) >= 11 is 0. The highest BCUT2D eigenvalue weighted by Gasteiger charge is 2.48. The van der Waals surface area contributed by atoms with E-state index in [4.69, 9.17) is 0 Å². The van der Waals surface area contributed by atoms with Crippen LogP contribution < -0.4 is 5.32 Å². The molecular formula is C13H19NO5. The molecule has 1 aliphatic carbocycles. The van der Waals surface area contributed by atoms with E-state index < -0.39 is 22.8 Å². The summed E-state index contributed by atoms with van der Waals surface area (Å²) in [4.78, 5) is 34.1. The third-order valence-electron chi connectivity index (χ3n) is 3.46. The quantitative estimate of drug-likeness (QED) is 0.715. The Morgan fingerprint density at radius 1 is 1.26 bits per heavy atom. The van der Waals surface area contributed by atoms with Crippen molar-refractivity contribution < 1.29 is 24.6 Å². The van der Waals surface area contributed by atoms with Gasteiger partial charge in [0.15, 0.2) is 0 Å². The Balaban J connectivity index is 3.15. The molecule has 0 saturated heterocycles. The minimum Gasteiger partial charge on any atom is -0.481 e. The van der Waals surface area contributed by atoms with Crippen LogP contribution in [-0.2, 0) is 14.4 Å². The number of allylic oxidation sites excluding steroid dienone is 1. The summed E-state index contributed by atoms with van der Waals surface area (Å²) in [5, 5.41) is 21.1. The van der Waals surface area contributed by atoms with E-state index in [9.17, 15) is 24.6 Å². The molecule has 2 atom stereocenters. The fraction of sp³-hybridized carbons (Fsp3) is 0.615. The summed E-state index contributed by atoms with van der Waals surface area (Å²) in [6.07, 6.45) is 1.83. The molecule has 106 valence electrons. The number of carbonyl (C=O) groups excluding carboxylic acids is 1. The Kier molecular flexibility index (Phi) is 4.03. The normalized spacial score (nSPS) is 30.4. The lowest BCUT2D eigenvalue weighted by Gasteiger charge is -2.38. The Bertz CT molecular complexity index is 456. The maximum absolute atomic E-state index is 11.4. The molecule has 3 N–H and O–H groups in total. The first-order valence-electron chi connectivity index (χ1n) is 6.11. The van der Waals surface area contributed by atoms with Crippen molar-refractivity contribution in [2.45, 2.75) is 40.0 Å². The Labute approximate surface area is 111 Å². The smallest absolute Gasteiger partial charge is 0.313 e. The number of carbonyl (C=O) groups is 3. The molecular weight excluding hydrogens is 250 g/mol. The zero-order chi connectivity index (χ0) is 14.8. The van der Waals surface area contributed by atoms with Crippen LogP contribution in [-0.4, -0.2) is 28.1 Å². The second-order valence-electron chi connectivity index (χ2n) is 5.51. The van der Waals surface area contributed by atoms with Gasteiger partial charge in [0.25, 0.3) is 0 Å². The summed E-state index contributed by atoms with van der Waals surface area (Å²) in [5.41, 5.74) is -2.12. The molecule has 0 aliphatic heterocycles.